The van der Waals surface area contributed by atoms with Crippen molar-refractivity contribution in [1.29, 1.82) is 0 Å². The normalized spacial score (nSPS) is 39.6. The van der Waals surface area contributed by atoms with Crippen molar-refractivity contribution in [3.05, 3.63) is 24.2 Å². The zero-order valence-corrected chi connectivity index (χ0v) is 14.9. The number of carbonyl (C=O) groups is 2. The lowest BCUT2D eigenvalue weighted by Crippen LogP contribution is -2.70. The Morgan fingerprint density at radius 2 is 2.08 bits per heavy atom. The second kappa shape index (κ2) is 5.42. The van der Waals surface area contributed by atoms with Gasteiger partial charge < -0.3 is 9.15 Å². The summed E-state index contributed by atoms with van der Waals surface area (Å²) in [7, 11) is 0. The van der Waals surface area contributed by atoms with Gasteiger partial charge in [-0.25, -0.2) is 14.6 Å². The summed E-state index contributed by atoms with van der Waals surface area (Å²) >= 11 is 0. The van der Waals surface area contributed by atoms with E-state index in [9.17, 15) is 9.59 Å². The summed E-state index contributed by atoms with van der Waals surface area (Å²) in [6, 6.07) is 1.57. The fraction of sp³-hybridized carbons (Fsp3) is 0.684. The minimum atomic E-state index is -0.926. The van der Waals surface area contributed by atoms with Gasteiger partial charge in [0, 0.05) is 11.8 Å². The summed E-state index contributed by atoms with van der Waals surface area (Å²) in [5, 5.41) is 0. The summed E-state index contributed by atoms with van der Waals surface area (Å²) in [6.07, 6.45) is 5.50. The van der Waals surface area contributed by atoms with E-state index in [4.69, 9.17) is 18.9 Å². The molecular formula is C19H24O6. The molecule has 1 aromatic rings. The molecule has 1 saturated heterocycles. The van der Waals surface area contributed by atoms with E-state index in [0.29, 0.717) is 24.8 Å². The zero-order valence-electron chi connectivity index (χ0n) is 14.9. The molecule has 136 valence electrons. The van der Waals surface area contributed by atoms with Crippen LogP contribution in [0.5, 0.6) is 0 Å². The van der Waals surface area contributed by atoms with Crippen molar-refractivity contribution in [2.45, 2.75) is 70.7 Å². The maximum atomic E-state index is 12.6. The topological polar surface area (TPSA) is 75.0 Å². The molecule has 3 fully saturated rings. The molecule has 25 heavy (non-hydrogen) atoms. The highest BCUT2D eigenvalue weighted by Gasteiger charge is 2.69. The third kappa shape index (κ3) is 2.23. The highest BCUT2D eigenvalue weighted by Crippen LogP contribution is 2.64. The van der Waals surface area contributed by atoms with Gasteiger partial charge in [0.1, 0.15) is 18.5 Å². The molecule has 0 N–H and O–H groups in total. The predicted molar refractivity (Wildman–Crippen MR) is 86.6 cm³/mol. The molecule has 4 rings (SSSR count). The van der Waals surface area contributed by atoms with Crippen LogP contribution in [-0.2, 0) is 19.3 Å². The second-order valence-corrected chi connectivity index (χ2v) is 8.34. The molecule has 4 atom stereocenters. The van der Waals surface area contributed by atoms with Gasteiger partial charge in [-0.05, 0) is 44.1 Å². The van der Waals surface area contributed by atoms with E-state index < -0.39 is 11.6 Å². The monoisotopic (exact) mass is 348 g/mol. The molecule has 2 heterocycles. The number of hydrogen-bond donors (Lipinski definition) is 0. The predicted octanol–water partition coefficient (Wildman–Crippen LogP) is 3.45. The van der Waals surface area contributed by atoms with Crippen molar-refractivity contribution < 1.29 is 28.5 Å². The Morgan fingerprint density at radius 3 is 2.80 bits per heavy atom. The van der Waals surface area contributed by atoms with E-state index in [1.165, 1.54) is 12.5 Å². The molecule has 0 aromatic carbocycles. The summed E-state index contributed by atoms with van der Waals surface area (Å²) in [5.74, 6) is -0.315. The van der Waals surface area contributed by atoms with E-state index in [1.54, 1.807) is 6.07 Å². The number of fused-ring (bicyclic) bond motifs is 1. The first-order valence-electron chi connectivity index (χ1n) is 8.90. The van der Waals surface area contributed by atoms with E-state index in [-0.39, 0.29) is 28.8 Å². The maximum absolute atomic E-state index is 12.6. The summed E-state index contributed by atoms with van der Waals surface area (Å²) in [6.45, 7) is 6.28. The fourth-order valence-electron chi connectivity index (χ4n) is 5.12. The fourth-order valence-corrected chi connectivity index (χ4v) is 5.12. The average molecular weight is 348 g/mol. The average Bonchev–Trinajstić information content (AvgIpc) is 3.11. The Bertz CT molecular complexity index is 693. The summed E-state index contributed by atoms with van der Waals surface area (Å²) < 4.78 is 10.6. The summed E-state index contributed by atoms with van der Waals surface area (Å²) in [5.41, 5.74) is -0.881. The lowest BCUT2D eigenvalue weighted by atomic mass is 9.45. The number of ether oxygens (including phenoxy) is 1. The van der Waals surface area contributed by atoms with Crippen LogP contribution in [-0.4, -0.2) is 29.6 Å². The molecule has 1 unspecified atom stereocenters. The molecule has 1 aliphatic heterocycles. The van der Waals surface area contributed by atoms with E-state index >= 15 is 0 Å². The van der Waals surface area contributed by atoms with Crippen LogP contribution in [0.25, 0.3) is 0 Å². The number of Topliss-reactive ketones (excluding diaryl/α,β-unsaturated/α-hetero) is 1. The van der Waals surface area contributed by atoms with Crippen LogP contribution in [0, 0.1) is 10.8 Å². The molecule has 3 aliphatic rings. The first-order valence-corrected chi connectivity index (χ1v) is 8.90. The number of ketones is 1. The van der Waals surface area contributed by atoms with Crippen LogP contribution in [0.1, 0.15) is 63.2 Å². The van der Waals surface area contributed by atoms with Gasteiger partial charge in [-0.1, -0.05) is 13.8 Å². The molecule has 1 spiro atoms. The highest BCUT2D eigenvalue weighted by molar-refractivity contribution is 5.90. The third-order valence-corrected chi connectivity index (χ3v) is 6.89. The van der Waals surface area contributed by atoms with Crippen LogP contribution >= 0.6 is 0 Å². The van der Waals surface area contributed by atoms with Gasteiger partial charge in [0.15, 0.2) is 11.4 Å². The number of esters is 1. The quantitative estimate of drug-likeness (QED) is 0.602. The van der Waals surface area contributed by atoms with Gasteiger partial charge in [0.2, 0.25) is 0 Å². The Kier molecular flexibility index (Phi) is 3.64. The van der Waals surface area contributed by atoms with Crippen LogP contribution in [0.15, 0.2) is 23.0 Å². The van der Waals surface area contributed by atoms with Crippen molar-refractivity contribution >= 4 is 11.8 Å². The molecule has 2 bridgehead atoms. The highest BCUT2D eigenvalue weighted by atomic mass is 17.2. The second-order valence-electron chi connectivity index (χ2n) is 8.34. The van der Waals surface area contributed by atoms with E-state index in [2.05, 4.69) is 13.8 Å². The zero-order chi connectivity index (χ0) is 17.9. The molecule has 2 aliphatic carbocycles. The smallest absolute Gasteiger partial charge is 0.341 e. The van der Waals surface area contributed by atoms with E-state index in [0.717, 1.165) is 12.8 Å². The van der Waals surface area contributed by atoms with Crippen molar-refractivity contribution in [3.63, 3.8) is 0 Å². The minimum absolute atomic E-state index is 0.0444. The Hall–Kier alpha value is -1.66. The molecular weight excluding hydrogens is 324 g/mol. The van der Waals surface area contributed by atoms with Crippen molar-refractivity contribution in [2.75, 3.05) is 0 Å². The first-order chi connectivity index (χ1) is 11.8. The third-order valence-electron chi connectivity index (χ3n) is 6.89. The van der Waals surface area contributed by atoms with Crippen molar-refractivity contribution in [3.8, 4) is 0 Å². The van der Waals surface area contributed by atoms with Crippen molar-refractivity contribution in [2.24, 2.45) is 10.8 Å². The van der Waals surface area contributed by atoms with Crippen LogP contribution in [0.2, 0.25) is 0 Å². The molecule has 6 heteroatoms. The van der Waals surface area contributed by atoms with Crippen molar-refractivity contribution in [1.82, 2.24) is 0 Å². The standard InChI is InChI=1S/C19H24O6/c1-17(2)7-5-15(20)18(3)19(17)8-4-13(14(10-19)24-25-18)23-16(21)12-6-9-22-11-12/h6,9,11,13-14H,4-5,7-8,10H2,1-3H3/t13?,14-,18-,19+/m1/s1. The maximum Gasteiger partial charge on any atom is 0.341 e. The van der Waals surface area contributed by atoms with E-state index in [1.807, 2.05) is 6.92 Å². The summed E-state index contributed by atoms with van der Waals surface area (Å²) in [4.78, 5) is 36.2. The lowest BCUT2D eigenvalue weighted by molar-refractivity contribution is -0.456. The van der Waals surface area contributed by atoms with Crippen LogP contribution < -0.4 is 0 Å². The molecule has 6 nitrogen and oxygen atoms in total. The first kappa shape index (κ1) is 16.8. The largest absolute Gasteiger partial charge is 0.472 e. The van der Waals surface area contributed by atoms with Gasteiger partial charge in [0.25, 0.3) is 0 Å². The lowest BCUT2D eigenvalue weighted by Gasteiger charge is -2.64. The SMILES string of the molecule is CC1(C)CCC(=O)[C@@]2(C)OO[C@@H]3C[C@@]12CCC3OC(=O)c1ccoc1. The molecule has 0 radical (unpaired) electrons. The van der Waals surface area contributed by atoms with Gasteiger partial charge in [0.05, 0.1) is 11.8 Å². The molecule has 2 saturated carbocycles. The van der Waals surface area contributed by atoms with Gasteiger partial charge in [-0.15, -0.1) is 0 Å². The van der Waals surface area contributed by atoms with Crippen LogP contribution in [0.3, 0.4) is 0 Å². The van der Waals surface area contributed by atoms with Gasteiger partial charge in [-0.2, -0.15) is 0 Å². The van der Waals surface area contributed by atoms with Gasteiger partial charge >= 0.3 is 5.97 Å². The Morgan fingerprint density at radius 1 is 1.28 bits per heavy atom. The number of furan rings is 1. The Balaban J connectivity index is 1.58. The van der Waals surface area contributed by atoms with Crippen LogP contribution in [0.4, 0.5) is 0 Å². The van der Waals surface area contributed by atoms with Gasteiger partial charge in [-0.3, -0.25) is 4.79 Å². The molecule has 1 aromatic heterocycles. The Labute approximate surface area is 146 Å². The number of carbonyl (C=O) groups excluding carboxylic acids is 2. The number of rotatable bonds is 2. The molecule has 0 amide bonds. The minimum Gasteiger partial charge on any atom is -0.472 e. The number of hydrogen-bond acceptors (Lipinski definition) is 6.